The summed E-state index contributed by atoms with van der Waals surface area (Å²) in [5.41, 5.74) is 0. The Bertz CT molecular complexity index is 104. The van der Waals surface area contributed by atoms with Crippen molar-refractivity contribution < 1.29 is 9.84 Å². The van der Waals surface area contributed by atoms with E-state index in [-0.39, 0.29) is 6.10 Å². The predicted molar refractivity (Wildman–Crippen MR) is 58.4 cm³/mol. The summed E-state index contributed by atoms with van der Waals surface area (Å²) in [5.74, 6) is 1.22. The Morgan fingerprint density at radius 1 is 1.46 bits per heavy atom. The van der Waals surface area contributed by atoms with E-state index in [0.29, 0.717) is 13.2 Å². The molecule has 3 nitrogen and oxygen atoms in total. The van der Waals surface area contributed by atoms with Crippen molar-refractivity contribution >= 4 is 11.8 Å². The Morgan fingerprint density at radius 2 is 2.23 bits per heavy atom. The van der Waals surface area contributed by atoms with Crippen molar-refractivity contribution in [1.82, 2.24) is 5.32 Å². The minimum absolute atomic E-state index is 0.370. The first-order valence-electron chi connectivity index (χ1n) is 4.68. The van der Waals surface area contributed by atoms with Crippen LogP contribution >= 0.6 is 11.8 Å². The molecule has 4 heteroatoms. The molecule has 0 spiro atoms. The van der Waals surface area contributed by atoms with Gasteiger partial charge in [0.05, 0.1) is 12.7 Å². The lowest BCUT2D eigenvalue weighted by Crippen LogP contribution is -2.30. The monoisotopic (exact) mass is 207 g/mol. The van der Waals surface area contributed by atoms with Crippen molar-refractivity contribution in [3.05, 3.63) is 0 Å². The molecule has 0 aromatic carbocycles. The van der Waals surface area contributed by atoms with Crippen molar-refractivity contribution in [3.63, 3.8) is 0 Å². The van der Waals surface area contributed by atoms with Gasteiger partial charge in [-0.25, -0.2) is 0 Å². The van der Waals surface area contributed by atoms with Crippen LogP contribution in [0.15, 0.2) is 0 Å². The van der Waals surface area contributed by atoms with Crippen molar-refractivity contribution in [3.8, 4) is 0 Å². The van der Waals surface area contributed by atoms with Gasteiger partial charge < -0.3 is 15.2 Å². The van der Waals surface area contributed by atoms with E-state index in [1.807, 2.05) is 11.8 Å². The van der Waals surface area contributed by atoms with Gasteiger partial charge in [-0.1, -0.05) is 0 Å². The molecule has 0 aliphatic heterocycles. The van der Waals surface area contributed by atoms with Crippen LogP contribution in [0.25, 0.3) is 0 Å². The summed E-state index contributed by atoms with van der Waals surface area (Å²) in [5, 5.41) is 12.4. The smallest absolute Gasteiger partial charge is 0.0897 e. The van der Waals surface area contributed by atoms with E-state index in [1.165, 1.54) is 18.6 Å². The molecule has 0 aliphatic rings. The normalized spacial score (nSPS) is 13.2. The van der Waals surface area contributed by atoms with Gasteiger partial charge in [0.1, 0.15) is 0 Å². The zero-order valence-corrected chi connectivity index (χ0v) is 9.40. The minimum atomic E-state index is -0.370. The van der Waals surface area contributed by atoms with E-state index in [9.17, 15) is 5.11 Å². The van der Waals surface area contributed by atoms with Gasteiger partial charge in [0, 0.05) is 13.7 Å². The highest BCUT2D eigenvalue weighted by atomic mass is 32.2. The number of nitrogens with one attached hydrogen (secondary N) is 1. The molecule has 0 saturated heterocycles. The van der Waals surface area contributed by atoms with Gasteiger partial charge in [0.25, 0.3) is 0 Å². The quantitative estimate of drug-likeness (QED) is 0.547. The summed E-state index contributed by atoms with van der Waals surface area (Å²) in [4.78, 5) is 0. The van der Waals surface area contributed by atoms with Crippen LogP contribution in [0.5, 0.6) is 0 Å². The molecule has 80 valence electrons. The average molecular weight is 207 g/mol. The van der Waals surface area contributed by atoms with Gasteiger partial charge in [0.15, 0.2) is 0 Å². The molecule has 1 atom stereocenters. The number of aliphatic hydroxyl groups excluding tert-OH is 1. The first kappa shape index (κ1) is 13.2. The number of methoxy groups -OCH3 is 1. The molecular weight excluding hydrogens is 186 g/mol. The minimum Gasteiger partial charge on any atom is -0.389 e. The van der Waals surface area contributed by atoms with Gasteiger partial charge in [0.2, 0.25) is 0 Å². The van der Waals surface area contributed by atoms with E-state index in [0.717, 1.165) is 6.54 Å². The molecule has 0 aromatic heterocycles. The summed E-state index contributed by atoms with van der Waals surface area (Å²) in [7, 11) is 1.60. The highest BCUT2D eigenvalue weighted by molar-refractivity contribution is 7.98. The number of rotatable bonds is 9. The SMILES string of the molecule is COCC(O)CNCCCCSC. The molecular formula is C9H21NO2S. The van der Waals surface area contributed by atoms with Gasteiger partial charge in [-0.15, -0.1) is 0 Å². The Labute approximate surface area is 85.2 Å². The number of ether oxygens (including phenoxy) is 1. The molecule has 0 fully saturated rings. The second-order valence-electron chi connectivity index (χ2n) is 3.01. The molecule has 1 unspecified atom stereocenters. The van der Waals surface area contributed by atoms with Gasteiger partial charge in [-0.3, -0.25) is 0 Å². The standard InChI is InChI=1S/C9H21NO2S/c1-12-8-9(11)7-10-5-3-4-6-13-2/h9-11H,3-8H2,1-2H3. The number of hydrogen-bond acceptors (Lipinski definition) is 4. The second-order valence-corrected chi connectivity index (χ2v) is 4.00. The molecule has 0 bridgehead atoms. The highest BCUT2D eigenvalue weighted by Gasteiger charge is 2.00. The zero-order chi connectivity index (χ0) is 9.94. The molecule has 13 heavy (non-hydrogen) atoms. The van der Waals surface area contributed by atoms with E-state index in [4.69, 9.17) is 4.74 Å². The Kier molecular flexibility index (Phi) is 10.5. The third-order valence-electron chi connectivity index (χ3n) is 1.69. The Hall–Kier alpha value is 0.230. The molecule has 0 aliphatic carbocycles. The molecule has 0 amide bonds. The largest absolute Gasteiger partial charge is 0.389 e. The molecule has 0 aromatic rings. The average Bonchev–Trinajstić information content (AvgIpc) is 2.11. The third-order valence-corrected chi connectivity index (χ3v) is 2.39. The van der Waals surface area contributed by atoms with Crippen molar-refractivity contribution in [2.24, 2.45) is 0 Å². The molecule has 2 N–H and O–H groups in total. The van der Waals surface area contributed by atoms with Crippen molar-refractivity contribution in [1.29, 1.82) is 0 Å². The maximum atomic E-state index is 9.26. The van der Waals surface area contributed by atoms with Crippen LogP contribution < -0.4 is 5.32 Å². The third kappa shape index (κ3) is 10.1. The summed E-state index contributed by atoms with van der Waals surface area (Å²) in [6.07, 6.45) is 4.18. The molecule has 0 radical (unpaired) electrons. The predicted octanol–water partition coefficient (Wildman–Crippen LogP) is 0.726. The lowest BCUT2D eigenvalue weighted by atomic mass is 10.3. The lowest BCUT2D eigenvalue weighted by molar-refractivity contribution is 0.0647. The maximum absolute atomic E-state index is 9.26. The van der Waals surface area contributed by atoms with Crippen LogP contribution in [0.2, 0.25) is 0 Å². The fourth-order valence-electron chi connectivity index (χ4n) is 1.02. The van der Waals surface area contributed by atoms with Crippen LogP contribution in [0.4, 0.5) is 0 Å². The van der Waals surface area contributed by atoms with E-state index in [2.05, 4.69) is 11.6 Å². The maximum Gasteiger partial charge on any atom is 0.0897 e. The lowest BCUT2D eigenvalue weighted by Gasteiger charge is -2.10. The van der Waals surface area contributed by atoms with E-state index < -0.39 is 0 Å². The van der Waals surface area contributed by atoms with Gasteiger partial charge in [-0.05, 0) is 31.4 Å². The fourth-order valence-corrected chi connectivity index (χ4v) is 1.51. The Balaban J connectivity index is 2.97. The van der Waals surface area contributed by atoms with Gasteiger partial charge in [-0.2, -0.15) is 11.8 Å². The second kappa shape index (κ2) is 10.3. The van der Waals surface area contributed by atoms with E-state index in [1.54, 1.807) is 7.11 Å². The van der Waals surface area contributed by atoms with E-state index >= 15 is 0 Å². The Morgan fingerprint density at radius 3 is 2.85 bits per heavy atom. The zero-order valence-electron chi connectivity index (χ0n) is 8.58. The van der Waals surface area contributed by atoms with Gasteiger partial charge >= 0.3 is 0 Å². The topological polar surface area (TPSA) is 41.5 Å². The summed E-state index contributed by atoms with van der Waals surface area (Å²) in [6, 6.07) is 0. The first-order valence-corrected chi connectivity index (χ1v) is 6.07. The highest BCUT2D eigenvalue weighted by Crippen LogP contribution is 1.97. The number of aliphatic hydroxyl groups is 1. The van der Waals surface area contributed by atoms with Crippen LogP contribution in [0.3, 0.4) is 0 Å². The fraction of sp³-hybridized carbons (Fsp3) is 1.00. The first-order chi connectivity index (χ1) is 6.31. The van der Waals surface area contributed by atoms with Crippen LogP contribution in [-0.4, -0.2) is 50.0 Å². The number of hydrogen-bond donors (Lipinski definition) is 2. The summed E-state index contributed by atoms with van der Waals surface area (Å²) in [6.45, 7) is 2.03. The summed E-state index contributed by atoms with van der Waals surface area (Å²) >= 11 is 1.88. The van der Waals surface area contributed by atoms with Crippen molar-refractivity contribution in [2.75, 3.05) is 38.8 Å². The molecule has 0 heterocycles. The van der Waals surface area contributed by atoms with Crippen LogP contribution in [-0.2, 0) is 4.74 Å². The summed E-state index contributed by atoms with van der Waals surface area (Å²) < 4.78 is 4.81. The molecule has 0 saturated carbocycles. The molecule has 0 rings (SSSR count). The number of unbranched alkanes of at least 4 members (excludes halogenated alkanes) is 1. The van der Waals surface area contributed by atoms with Crippen molar-refractivity contribution in [2.45, 2.75) is 18.9 Å². The van der Waals surface area contributed by atoms with Crippen LogP contribution in [0, 0.1) is 0 Å². The number of thioether (sulfide) groups is 1. The van der Waals surface area contributed by atoms with Crippen LogP contribution in [0.1, 0.15) is 12.8 Å².